The Morgan fingerprint density at radius 2 is 1.29 bits per heavy atom. The summed E-state index contributed by atoms with van der Waals surface area (Å²) in [7, 11) is -2.81. The van der Waals surface area contributed by atoms with Crippen LogP contribution in [0, 0.1) is 0 Å². The summed E-state index contributed by atoms with van der Waals surface area (Å²) in [5.41, 5.74) is 11.1. The minimum absolute atomic E-state index is 0.102. The van der Waals surface area contributed by atoms with Crippen molar-refractivity contribution in [2.24, 2.45) is 11.5 Å². The fourth-order valence-electron chi connectivity index (χ4n) is 2.10. The van der Waals surface area contributed by atoms with E-state index in [1.807, 2.05) is 27.7 Å². The molecule has 0 radical (unpaired) electrons. The fraction of sp³-hybridized carbons (Fsp3) is 1.00. The van der Waals surface area contributed by atoms with Crippen LogP contribution in [-0.2, 0) is 13.3 Å². The van der Waals surface area contributed by atoms with Crippen molar-refractivity contribution < 1.29 is 13.3 Å². The lowest BCUT2D eigenvalue weighted by molar-refractivity contribution is 0.0514. The summed E-state index contributed by atoms with van der Waals surface area (Å²) >= 11 is 0. The van der Waals surface area contributed by atoms with Crippen molar-refractivity contribution >= 4 is 8.80 Å². The molecule has 4 N–H and O–H groups in total. The molecule has 0 aromatic heterocycles. The molecule has 0 spiro atoms. The molecule has 0 aromatic rings. The van der Waals surface area contributed by atoms with E-state index in [-0.39, 0.29) is 5.54 Å². The minimum atomic E-state index is -2.81. The zero-order valence-electron chi connectivity index (χ0n) is 11.8. The zero-order valence-corrected chi connectivity index (χ0v) is 12.8. The first-order valence-corrected chi connectivity index (χ1v) is 8.17. The first-order valence-electron chi connectivity index (χ1n) is 6.37. The highest BCUT2D eigenvalue weighted by Crippen LogP contribution is 2.34. The average Bonchev–Trinajstić information content (AvgIpc) is 2.17. The highest BCUT2D eigenvalue weighted by Gasteiger charge is 2.53. The van der Waals surface area contributed by atoms with Crippen molar-refractivity contribution in [1.29, 1.82) is 0 Å². The monoisotopic (exact) mass is 264 g/mol. The number of rotatable bonds is 9. The lowest BCUT2D eigenvalue weighted by Crippen LogP contribution is -2.63. The highest BCUT2D eigenvalue weighted by atomic mass is 28.4. The Kier molecular flexibility index (Phi) is 7.46. The summed E-state index contributed by atoms with van der Waals surface area (Å²) in [6.45, 7) is 11.2. The maximum absolute atomic E-state index is 6.04. The molecule has 0 aliphatic heterocycles. The van der Waals surface area contributed by atoms with Crippen LogP contribution in [0.25, 0.3) is 0 Å². The van der Waals surface area contributed by atoms with Crippen LogP contribution in [0.15, 0.2) is 0 Å². The third-order valence-corrected chi connectivity index (χ3v) is 6.58. The molecule has 0 aliphatic rings. The van der Waals surface area contributed by atoms with Crippen LogP contribution in [0.1, 0.15) is 41.0 Å². The van der Waals surface area contributed by atoms with Gasteiger partial charge in [-0.1, -0.05) is 6.92 Å². The molecule has 17 heavy (non-hydrogen) atoms. The van der Waals surface area contributed by atoms with E-state index < -0.39 is 14.5 Å². The topological polar surface area (TPSA) is 79.7 Å². The second-order valence-electron chi connectivity index (χ2n) is 4.23. The van der Waals surface area contributed by atoms with E-state index in [1.165, 1.54) is 0 Å². The minimum Gasteiger partial charge on any atom is -0.374 e. The summed E-state index contributed by atoms with van der Waals surface area (Å²) in [5.74, 6) is 0. The Hall–Kier alpha value is 0.0169. The molecule has 0 aliphatic carbocycles. The first-order chi connectivity index (χ1) is 7.87. The maximum Gasteiger partial charge on any atom is 0.507 e. The predicted octanol–water partition coefficient (Wildman–Crippen LogP) is 1.45. The summed E-state index contributed by atoms with van der Waals surface area (Å²) in [6, 6.07) is 0. The van der Waals surface area contributed by atoms with Gasteiger partial charge in [-0.3, -0.25) is 0 Å². The van der Waals surface area contributed by atoms with Gasteiger partial charge >= 0.3 is 8.80 Å². The molecule has 1 atom stereocenters. The molecule has 1 unspecified atom stereocenters. The van der Waals surface area contributed by atoms with Crippen molar-refractivity contribution in [3.63, 3.8) is 0 Å². The van der Waals surface area contributed by atoms with Crippen molar-refractivity contribution in [2.75, 3.05) is 19.8 Å². The summed E-state index contributed by atoms with van der Waals surface area (Å²) in [6.07, 6.45) is 0.774. The van der Waals surface area contributed by atoms with E-state index in [0.717, 1.165) is 6.42 Å². The Balaban J connectivity index is 5.19. The smallest absolute Gasteiger partial charge is 0.374 e. The Morgan fingerprint density at radius 1 is 0.941 bits per heavy atom. The van der Waals surface area contributed by atoms with Gasteiger partial charge in [0.2, 0.25) is 0 Å². The third kappa shape index (κ3) is 4.65. The van der Waals surface area contributed by atoms with Crippen molar-refractivity contribution in [2.45, 2.75) is 52.2 Å². The van der Waals surface area contributed by atoms with Crippen molar-refractivity contribution in [1.82, 2.24) is 0 Å². The average molecular weight is 264 g/mol. The van der Waals surface area contributed by atoms with Crippen LogP contribution in [0.5, 0.6) is 0 Å². The van der Waals surface area contributed by atoms with Gasteiger partial charge in [-0.05, 0) is 34.1 Å². The van der Waals surface area contributed by atoms with Gasteiger partial charge < -0.3 is 24.7 Å². The summed E-state index contributed by atoms with van der Waals surface area (Å²) < 4.78 is 17.5. The molecule has 0 rings (SSSR count). The van der Waals surface area contributed by atoms with E-state index in [2.05, 4.69) is 0 Å². The van der Waals surface area contributed by atoms with E-state index in [1.54, 1.807) is 6.92 Å². The van der Waals surface area contributed by atoms with E-state index >= 15 is 0 Å². The van der Waals surface area contributed by atoms with Crippen molar-refractivity contribution in [3.8, 4) is 0 Å². The van der Waals surface area contributed by atoms with Crippen molar-refractivity contribution in [3.05, 3.63) is 0 Å². The molecule has 0 amide bonds. The number of hydrogen-bond donors (Lipinski definition) is 2. The molecule has 0 bridgehead atoms. The summed E-state index contributed by atoms with van der Waals surface area (Å²) in [4.78, 5) is 0. The molecule has 0 heterocycles. The Labute approximate surface area is 106 Å². The van der Waals surface area contributed by atoms with Gasteiger partial charge in [0.05, 0.1) is 11.2 Å². The SMILES string of the molecule is CCO[Si](OCC)(OCC)C(CC)C(C)(N)N. The molecule has 0 saturated carbocycles. The normalized spacial score (nSPS) is 15.0. The summed E-state index contributed by atoms with van der Waals surface area (Å²) in [5, 5.41) is 0. The first kappa shape index (κ1) is 17.0. The molecule has 0 fully saturated rings. The second kappa shape index (κ2) is 7.45. The second-order valence-corrected chi connectivity index (χ2v) is 7.00. The number of hydrogen-bond acceptors (Lipinski definition) is 5. The van der Waals surface area contributed by atoms with E-state index in [0.29, 0.717) is 19.8 Å². The van der Waals surface area contributed by atoms with Gasteiger partial charge in [0.1, 0.15) is 0 Å². The van der Waals surface area contributed by atoms with Gasteiger partial charge in [-0.25, -0.2) is 0 Å². The predicted molar refractivity (Wildman–Crippen MR) is 71.5 cm³/mol. The molecule has 0 aromatic carbocycles. The van der Waals surface area contributed by atoms with Gasteiger partial charge in [0.15, 0.2) is 0 Å². The van der Waals surface area contributed by atoms with Crippen LogP contribution in [0.3, 0.4) is 0 Å². The van der Waals surface area contributed by atoms with E-state index in [4.69, 9.17) is 24.7 Å². The number of nitrogens with two attached hydrogens (primary N) is 2. The fourth-order valence-corrected chi connectivity index (χ4v) is 5.42. The Morgan fingerprint density at radius 3 is 1.47 bits per heavy atom. The largest absolute Gasteiger partial charge is 0.507 e. The van der Waals surface area contributed by atoms with Crippen LogP contribution in [-0.4, -0.2) is 34.3 Å². The quantitative estimate of drug-likeness (QED) is 0.487. The molecule has 5 nitrogen and oxygen atoms in total. The zero-order chi connectivity index (χ0) is 13.5. The molecule has 6 heteroatoms. The molecule has 0 saturated heterocycles. The van der Waals surface area contributed by atoms with Crippen LogP contribution in [0.2, 0.25) is 5.54 Å². The third-order valence-electron chi connectivity index (χ3n) is 2.62. The molecule has 104 valence electrons. The Bertz CT molecular complexity index is 192. The molecular formula is C11H28N2O3Si. The van der Waals surface area contributed by atoms with Crippen LogP contribution >= 0.6 is 0 Å². The van der Waals surface area contributed by atoms with Crippen LogP contribution < -0.4 is 11.5 Å². The van der Waals surface area contributed by atoms with Crippen LogP contribution in [0.4, 0.5) is 0 Å². The van der Waals surface area contributed by atoms with Gasteiger partial charge in [-0.2, -0.15) is 0 Å². The van der Waals surface area contributed by atoms with Gasteiger partial charge in [0, 0.05) is 19.8 Å². The van der Waals surface area contributed by atoms with Gasteiger partial charge in [0.25, 0.3) is 0 Å². The van der Waals surface area contributed by atoms with Gasteiger partial charge in [-0.15, -0.1) is 0 Å². The lowest BCUT2D eigenvalue weighted by atomic mass is 10.1. The lowest BCUT2D eigenvalue weighted by Gasteiger charge is -2.40. The standard InChI is InChI=1S/C11H28N2O3Si/c1-6-10(11(5,12)13)17(14-7-2,15-8-3)16-9-4/h10H,6-9,12-13H2,1-5H3. The maximum atomic E-state index is 6.04. The molecular weight excluding hydrogens is 236 g/mol. The highest BCUT2D eigenvalue weighted by molar-refractivity contribution is 6.62. The van der Waals surface area contributed by atoms with E-state index in [9.17, 15) is 0 Å².